The van der Waals surface area contributed by atoms with Crippen LogP contribution in [0.1, 0.15) is 6.42 Å². The highest BCUT2D eigenvalue weighted by Crippen LogP contribution is 2.38. The first-order valence-electron chi connectivity index (χ1n) is 9.68. The summed E-state index contributed by atoms with van der Waals surface area (Å²) < 4.78 is 16.1. The Morgan fingerprint density at radius 3 is 2.90 bits per heavy atom. The van der Waals surface area contributed by atoms with E-state index < -0.39 is 11.6 Å². The minimum atomic E-state index is -0.780. The standard InChI is InChI=1S/C21H20ClFN6O/c1-24-12-3-4-29(10-12)13-6-14-16(22)7-17(26-21(14)25-8-13)15-5-11-9-28(2)27-19(11)18(23)20(15)30/h5-9,12,24,30H,3-4,10H2,1-2H3/t12-/m1/s1. The van der Waals surface area contributed by atoms with Crippen LogP contribution < -0.4 is 10.2 Å². The van der Waals surface area contributed by atoms with E-state index in [1.165, 1.54) is 4.68 Å². The molecular weight excluding hydrogens is 407 g/mol. The molecule has 1 atom stereocenters. The van der Waals surface area contributed by atoms with Crippen molar-refractivity contribution in [2.75, 3.05) is 25.0 Å². The molecule has 1 fully saturated rings. The van der Waals surface area contributed by atoms with E-state index in [4.69, 9.17) is 11.6 Å². The van der Waals surface area contributed by atoms with Crippen LogP contribution in [0.5, 0.6) is 5.75 Å². The molecule has 0 saturated carbocycles. The summed E-state index contributed by atoms with van der Waals surface area (Å²) in [6, 6.07) is 5.72. The van der Waals surface area contributed by atoms with Crippen molar-refractivity contribution in [2.24, 2.45) is 7.05 Å². The summed E-state index contributed by atoms with van der Waals surface area (Å²) in [5.74, 6) is -1.28. The largest absolute Gasteiger partial charge is 0.504 e. The van der Waals surface area contributed by atoms with Gasteiger partial charge < -0.3 is 15.3 Å². The summed E-state index contributed by atoms with van der Waals surface area (Å²) in [5, 5.41) is 19.5. The molecule has 154 valence electrons. The molecule has 7 nitrogen and oxygen atoms in total. The number of phenolic OH excluding ortho intramolecular Hbond substituents is 1. The highest BCUT2D eigenvalue weighted by atomic mass is 35.5. The third-order valence-electron chi connectivity index (χ3n) is 5.66. The monoisotopic (exact) mass is 426 g/mol. The predicted molar refractivity (Wildman–Crippen MR) is 116 cm³/mol. The van der Waals surface area contributed by atoms with Gasteiger partial charge in [0.25, 0.3) is 0 Å². The second-order valence-electron chi connectivity index (χ2n) is 7.60. The molecular formula is C21H20ClFN6O. The number of benzene rings is 1. The van der Waals surface area contributed by atoms with Gasteiger partial charge in [0.1, 0.15) is 5.52 Å². The molecule has 0 radical (unpaired) electrons. The van der Waals surface area contributed by atoms with Crippen molar-refractivity contribution in [1.29, 1.82) is 0 Å². The number of aromatic nitrogens is 4. The molecule has 0 bridgehead atoms. The first kappa shape index (κ1) is 19.0. The van der Waals surface area contributed by atoms with Gasteiger partial charge in [-0.05, 0) is 31.7 Å². The lowest BCUT2D eigenvalue weighted by Gasteiger charge is -2.19. The van der Waals surface area contributed by atoms with E-state index in [0.717, 1.165) is 25.2 Å². The number of nitrogens with one attached hydrogen (secondary N) is 1. The summed E-state index contributed by atoms with van der Waals surface area (Å²) in [4.78, 5) is 11.3. The van der Waals surface area contributed by atoms with Crippen LogP contribution in [0.4, 0.5) is 10.1 Å². The predicted octanol–water partition coefficient (Wildman–Crippen LogP) is 3.48. The van der Waals surface area contributed by atoms with E-state index in [0.29, 0.717) is 33.2 Å². The van der Waals surface area contributed by atoms with Gasteiger partial charge in [-0.15, -0.1) is 0 Å². The Labute approximate surface area is 177 Å². The van der Waals surface area contributed by atoms with Gasteiger partial charge in [-0.3, -0.25) is 4.68 Å². The Hall–Kier alpha value is -2.97. The minimum Gasteiger partial charge on any atom is -0.504 e. The summed E-state index contributed by atoms with van der Waals surface area (Å²) in [7, 11) is 3.66. The van der Waals surface area contributed by atoms with Crippen LogP contribution >= 0.6 is 11.6 Å². The van der Waals surface area contributed by atoms with Crippen molar-refractivity contribution in [2.45, 2.75) is 12.5 Å². The molecule has 5 rings (SSSR count). The number of pyridine rings is 2. The fourth-order valence-corrected chi connectivity index (χ4v) is 4.27. The van der Waals surface area contributed by atoms with Crippen molar-refractivity contribution in [3.63, 3.8) is 0 Å². The Kier molecular flexibility index (Phi) is 4.48. The molecule has 0 amide bonds. The Morgan fingerprint density at radius 2 is 2.13 bits per heavy atom. The van der Waals surface area contributed by atoms with Crippen molar-refractivity contribution in [1.82, 2.24) is 25.1 Å². The maximum atomic E-state index is 14.6. The van der Waals surface area contributed by atoms with E-state index in [2.05, 4.69) is 25.3 Å². The number of nitrogens with zero attached hydrogens (tertiary/aromatic N) is 5. The zero-order valence-electron chi connectivity index (χ0n) is 16.5. The lowest BCUT2D eigenvalue weighted by molar-refractivity contribution is 0.437. The van der Waals surface area contributed by atoms with Gasteiger partial charge in [0.15, 0.2) is 17.2 Å². The zero-order chi connectivity index (χ0) is 21.0. The summed E-state index contributed by atoms with van der Waals surface area (Å²) in [5.41, 5.74) is 2.14. The highest BCUT2D eigenvalue weighted by molar-refractivity contribution is 6.35. The fourth-order valence-electron chi connectivity index (χ4n) is 4.03. The number of halogens is 2. The quantitative estimate of drug-likeness (QED) is 0.522. The summed E-state index contributed by atoms with van der Waals surface area (Å²) in [6.07, 6.45) is 4.53. The molecule has 2 N–H and O–H groups in total. The van der Waals surface area contributed by atoms with Gasteiger partial charge in [-0.25, -0.2) is 14.4 Å². The van der Waals surface area contributed by atoms with Crippen molar-refractivity contribution in [3.8, 4) is 17.0 Å². The SMILES string of the molecule is CN[C@@H]1CCN(c2cnc3nc(-c4cc5cn(C)nc5c(F)c4O)cc(Cl)c3c2)C1. The smallest absolute Gasteiger partial charge is 0.193 e. The van der Waals surface area contributed by atoms with Crippen LogP contribution in [0.3, 0.4) is 0 Å². The summed E-state index contributed by atoms with van der Waals surface area (Å²) in [6.45, 7) is 1.85. The number of anilines is 1. The normalized spacial score (nSPS) is 16.8. The minimum absolute atomic E-state index is 0.110. The van der Waals surface area contributed by atoms with Crippen molar-refractivity contribution in [3.05, 3.63) is 41.4 Å². The fraction of sp³-hybridized carbons (Fsp3) is 0.286. The highest BCUT2D eigenvalue weighted by Gasteiger charge is 2.23. The van der Waals surface area contributed by atoms with Gasteiger partial charge >= 0.3 is 0 Å². The van der Waals surface area contributed by atoms with Crippen LogP contribution in [-0.2, 0) is 7.05 Å². The van der Waals surface area contributed by atoms with E-state index >= 15 is 0 Å². The third kappa shape index (κ3) is 3.03. The van der Waals surface area contributed by atoms with E-state index in [9.17, 15) is 9.50 Å². The molecule has 4 aromatic rings. The molecule has 1 aliphatic rings. The second-order valence-corrected chi connectivity index (χ2v) is 8.01. The molecule has 3 aromatic heterocycles. The number of hydrogen-bond donors (Lipinski definition) is 2. The Balaban J connectivity index is 1.59. The van der Waals surface area contributed by atoms with Gasteiger partial charge in [-0.2, -0.15) is 5.10 Å². The molecule has 30 heavy (non-hydrogen) atoms. The van der Waals surface area contributed by atoms with E-state index in [-0.39, 0.29) is 11.1 Å². The maximum absolute atomic E-state index is 14.6. The molecule has 1 aromatic carbocycles. The molecule has 4 heterocycles. The molecule has 0 aliphatic carbocycles. The van der Waals surface area contributed by atoms with Crippen molar-refractivity contribution < 1.29 is 9.50 Å². The zero-order valence-corrected chi connectivity index (χ0v) is 17.3. The van der Waals surface area contributed by atoms with Gasteiger partial charge in [0, 0.05) is 48.7 Å². The lowest BCUT2D eigenvalue weighted by Crippen LogP contribution is -2.29. The van der Waals surface area contributed by atoms with Gasteiger partial charge in [-0.1, -0.05) is 11.6 Å². The molecule has 0 unspecified atom stereocenters. The first-order chi connectivity index (χ1) is 14.4. The number of aryl methyl sites for hydroxylation is 1. The Bertz CT molecular complexity index is 1290. The summed E-state index contributed by atoms with van der Waals surface area (Å²) >= 11 is 6.56. The Morgan fingerprint density at radius 1 is 1.30 bits per heavy atom. The van der Waals surface area contributed by atoms with Gasteiger partial charge in [0.05, 0.1) is 22.6 Å². The molecule has 1 saturated heterocycles. The maximum Gasteiger partial charge on any atom is 0.193 e. The van der Waals surface area contributed by atoms with Crippen LogP contribution in [0.25, 0.3) is 33.2 Å². The number of rotatable bonds is 3. The van der Waals surface area contributed by atoms with E-state index in [1.807, 2.05) is 13.1 Å². The third-order valence-corrected chi connectivity index (χ3v) is 5.98. The van der Waals surface area contributed by atoms with Crippen LogP contribution in [0, 0.1) is 5.82 Å². The number of fused-ring (bicyclic) bond motifs is 2. The topological polar surface area (TPSA) is 79.1 Å². The molecule has 0 spiro atoms. The average molecular weight is 427 g/mol. The van der Waals surface area contributed by atoms with Crippen LogP contribution in [0.15, 0.2) is 30.6 Å². The molecule has 1 aliphatic heterocycles. The second kappa shape index (κ2) is 7.07. The first-order valence-corrected chi connectivity index (χ1v) is 10.1. The van der Waals surface area contributed by atoms with Crippen LogP contribution in [-0.4, -0.2) is 51.0 Å². The number of likely N-dealkylation sites (N-methyl/N-ethyl adjacent to an activating group) is 1. The van der Waals surface area contributed by atoms with Crippen LogP contribution in [0.2, 0.25) is 5.02 Å². The van der Waals surface area contributed by atoms with E-state index in [1.54, 1.807) is 31.6 Å². The number of aromatic hydroxyl groups is 1. The van der Waals surface area contributed by atoms with Crippen molar-refractivity contribution >= 4 is 39.2 Å². The van der Waals surface area contributed by atoms with Gasteiger partial charge in [0.2, 0.25) is 0 Å². The number of phenols is 1. The number of hydrogen-bond acceptors (Lipinski definition) is 6. The average Bonchev–Trinajstić information content (AvgIpc) is 3.36. The lowest BCUT2D eigenvalue weighted by atomic mass is 10.1. The molecule has 9 heteroatoms.